The quantitative estimate of drug-likeness (QED) is 0.834. The van der Waals surface area contributed by atoms with Gasteiger partial charge in [0.15, 0.2) is 0 Å². The Hall–Kier alpha value is -1.58. The average Bonchev–Trinajstić information content (AvgIpc) is 3.29. The molecule has 0 radical (unpaired) electrons. The molecule has 1 heterocycles. The first-order valence-electron chi connectivity index (χ1n) is 6.72. The van der Waals surface area contributed by atoms with Crippen molar-refractivity contribution < 1.29 is 4.79 Å². The summed E-state index contributed by atoms with van der Waals surface area (Å²) in [5.41, 5.74) is 1.44. The van der Waals surface area contributed by atoms with Crippen molar-refractivity contribution in [2.24, 2.45) is 11.8 Å². The predicted octanol–water partition coefficient (Wildman–Crippen LogP) is 2.04. The van der Waals surface area contributed by atoms with Crippen molar-refractivity contribution in [3.63, 3.8) is 0 Å². The minimum Gasteiger partial charge on any atom is -0.387 e. The molecular formula is C14H19N3O. The highest BCUT2D eigenvalue weighted by atomic mass is 16.1. The lowest BCUT2D eigenvalue weighted by Crippen LogP contribution is -2.38. The number of anilines is 1. The van der Waals surface area contributed by atoms with Gasteiger partial charge in [0.05, 0.1) is 11.9 Å². The molecule has 0 atom stereocenters. The third-order valence-electron chi connectivity index (χ3n) is 3.84. The van der Waals surface area contributed by atoms with E-state index in [2.05, 4.69) is 15.6 Å². The summed E-state index contributed by atoms with van der Waals surface area (Å²) in [5, 5.41) is 6.17. The zero-order valence-electron chi connectivity index (χ0n) is 10.6. The minimum atomic E-state index is -0.0264. The van der Waals surface area contributed by atoms with E-state index in [-0.39, 0.29) is 5.91 Å². The number of rotatable bonds is 5. The maximum atomic E-state index is 12.1. The molecule has 0 aromatic carbocycles. The fourth-order valence-corrected chi connectivity index (χ4v) is 2.43. The Morgan fingerprint density at radius 2 is 1.94 bits per heavy atom. The topological polar surface area (TPSA) is 54.0 Å². The summed E-state index contributed by atoms with van der Waals surface area (Å²) in [6.45, 7) is 0. The second kappa shape index (κ2) is 4.59. The standard InChI is InChI=1S/C14H19N3O/c1-15-11-6-7-12(16-8-11)14(18)17-13(9-2-3-9)10-4-5-10/h6-10,13,15H,2-5H2,1H3,(H,17,18). The van der Waals surface area contributed by atoms with E-state index in [9.17, 15) is 4.79 Å². The molecule has 4 nitrogen and oxygen atoms in total. The van der Waals surface area contributed by atoms with Crippen molar-refractivity contribution in [2.45, 2.75) is 31.7 Å². The molecule has 18 heavy (non-hydrogen) atoms. The van der Waals surface area contributed by atoms with Crippen LogP contribution in [0.15, 0.2) is 18.3 Å². The molecule has 2 fully saturated rings. The average molecular weight is 245 g/mol. The molecule has 0 saturated heterocycles. The molecule has 0 aliphatic heterocycles. The summed E-state index contributed by atoms with van der Waals surface area (Å²) in [7, 11) is 1.84. The van der Waals surface area contributed by atoms with Gasteiger partial charge in [0.25, 0.3) is 5.91 Å². The van der Waals surface area contributed by atoms with Crippen LogP contribution in [0.25, 0.3) is 0 Å². The molecule has 1 amide bonds. The molecule has 2 aliphatic rings. The number of nitrogens with zero attached hydrogens (tertiary/aromatic N) is 1. The Morgan fingerprint density at radius 3 is 2.39 bits per heavy atom. The van der Waals surface area contributed by atoms with Crippen molar-refractivity contribution in [3.8, 4) is 0 Å². The van der Waals surface area contributed by atoms with Crippen molar-refractivity contribution in [3.05, 3.63) is 24.0 Å². The van der Waals surface area contributed by atoms with Gasteiger partial charge in [-0.05, 0) is 49.7 Å². The summed E-state index contributed by atoms with van der Waals surface area (Å²) < 4.78 is 0. The van der Waals surface area contributed by atoms with Crippen LogP contribution in [0.4, 0.5) is 5.69 Å². The van der Waals surface area contributed by atoms with Crippen LogP contribution in [0.1, 0.15) is 36.2 Å². The van der Waals surface area contributed by atoms with Crippen LogP contribution in [-0.2, 0) is 0 Å². The predicted molar refractivity (Wildman–Crippen MR) is 70.5 cm³/mol. The second-order valence-corrected chi connectivity index (χ2v) is 5.36. The monoisotopic (exact) mass is 245 g/mol. The maximum Gasteiger partial charge on any atom is 0.270 e. The Balaban J connectivity index is 1.65. The van der Waals surface area contributed by atoms with Gasteiger partial charge in [0, 0.05) is 13.1 Å². The van der Waals surface area contributed by atoms with Gasteiger partial charge in [-0.15, -0.1) is 0 Å². The summed E-state index contributed by atoms with van der Waals surface area (Å²) in [6.07, 6.45) is 6.78. The highest BCUT2D eigenvalue weighted by Gasteiger charge is 2.42. The third-order valence-corrected chi connectivity index (χ3v) is 3.84. The third kappa shape index (κ3) is 2.47. The van der Waals surface area contributed by atoms with Crippen LogP contribution in [0.2, 0.25) is 0 Å². The molecule has 0 unspecified atom stereocenters. The van der Waals surface area contributed by atoms with E-state index < -0.39 is 0 Å². The second-order valence-electron chi connectivity index (χ2n) is 5.36. The first kappa shape index (κ1) is 11.5. The van der Waals surface area contributed by atoms with Crippen LogP contribution in [0.3, 0.4) is 0 Å². The van der Waals surface area contributed by atoms with E-state index in [1.165, 1.54) is 25.7 Å². The van der Waals surface area contributed by atoms with Gasteiger partial charge in [0.1, 0.15) is 5.69 Å². The van der Waals surface area contributed by atoms with Crippen LogP contribution >= 0.6 is 0 Å². The van der Waals surface area contributed by atoms with E-state index in [1.807, 2.05) is 13.1 Å². The SMILES string of the molecule is CNc1ccc(C(=O)NC(C2CC2)C2CC2)nc1. The number of carbonyl (C=O) groups excluding carboxylic acids is 1. The lowest BCUT2D eigenvalue weighted by molar-refractivity contribution is 0.0921. The van der Waals surface area contributed by atoms with Gasteiger partial charge in [-0.2, -0.15) is 0 Å². The lowest BCUT2D eigenvalue weighted by Gasteiger charge is -2.17. The molecule has 1 aromatic rings. The fourth-order valence-electron chi connectivity index (χ4n) is 2.43. The van der Waals surface area contributed by atoms with Crippen LogP contribution in [0, 0.1) is 11.8 Å². The number of amides is 1. The summed E-state index contributed by atoms with van der Waals surface area (Å²) in [4.78, 5) is 16.3. The summed E-state index contributed by atoms with van der Waals surface area (Å²) in [5.74, 6) is 1.41. The molecular weight excluding hydrogens is 226 g/mol. The number of aromatic nitrogens is 1. The van der Waals surface area contributed by atoms with Crippen LogP contribution < -0.4 is 10.6 Å². The van der Waals surface area contributed by atoms with Crippen molar-refractivity contribution in [1.29, 1.82) is 0 Å². The molecule has 0 bridgehead atoms. The zero-order valence-corrected chi connectivity index (χ0v) is 10.6. The van der Waals surface area contributed by atoms with Crippen molar-refractivity contribution in [2.75, 3.05) is 12.4 Å². The number of carbonyl (C=O) groups is 1. The van der Waals surface area contributed by atoms with Crippen molar-refractivity contribution >= 4 is 11.6 Å². The first-order chi connectivity index (χ1) is 8.78. The number of pyridine rings is 1. The largest absolute Gasteiger partial charge is 0.387 e. The molecule has 4 heteroatoms. The number of hydrogen-bond donors (Lipinski definition) is 2. The zero-order chi connectivity index (χ0) is 12.5. The Bertz CT molecular complexity index is 423. The molecule has 96 valence electrons. The van der Waals surface area contributed by atoms with E-state index in [0.29, 0.717) is 11.7 Å². The highest BCUT2D eigenvalue weighted by Crippen LogP contribution is 2.44. The van der Waals surface area contributed by atoms with Gasteiger partial charge >= 0.3 is 0 Å². The Morgan fingerprint density at radius 1 is 1.28 bits per heavy atom. The Kier molecular flexibility index (Phi) is 2.94. The molecule has 3 rings (SSSR count). The molecule has 2 saturated carbocycles. The van der Waals surface area contributed by atoms with Crippen LogP contribution in [-0.4, -0.2) is 24.0 Å². The van der Waals surface area contributed by atoms with Gasteiger partial charge in [-0.3, -0.25) is 4.79 Å². The van der Waals surface area contributed by atoms with Crippen LogP contribution in [0.5, 0.6) is 0 Å². The maximum absolute atomic E-state index is 12.1. The molecule has 2 N–H and O–H groups in total. The fraction of sp³-hybridized carbons (Fsp3) is 0.571. The van der Waals surface area contributed by atoms with Gasteiger partial charge in [-0.25, -0.2) is 4.98 Å². The lowest BCUT2D eigenvalue weighted by atomic mass is 10.1. The number of nitrogens with one attached hydrogen (secondary N) is 2. The minimum absolute atomic E-state index is 0.0264. The summed E-state index contributed by atoms with van der Waals surface area (Å²) in [6, 6.07) is 4.05. The van der Waals surface area contributed by atoms with E-state index in [0.717, 1.165) is 17.5 Å². The van der Waals surface area contributed by atoms with Crippen molar-refractivity contribution in [1.82, 2.24) is 10.3 Å². The highest BCUT2D eigenvalue weighted by molar-refractivity contribution is 5.92. The molecule has 0 spiro atoms. The first-order valence-corrected chi connectivity index (χ1v) is 6.72. The smallest absolute Gasteiger partial charge is 0.270 e. The Labute approximate surface area is 107 Å². The van der Waals surface area contributed by atoms with E-state index in [4.69, 9.17) is 0 Å². The normalized spacial score (nSPS) is 18.8. The number of hydrogen-bond acceptors (Lipinski definition) is 3. The van der Waals surface area contributed by atoms with Gasteiger partial charge in [0.2, 0.25) is 0 Å². The summed E-state index contributed by atoms with van der Waals surface area (Å²) >= 11 is 0. The molecule has 1 aromatic heterocycles. The van der Waals surface area contributed by atoms with Gasteiger partial charge < -0.3 is 10.6 Å². The van der Waals surface area contributed by atoms with E-state index in [1.54, 1.807) is 12.3 Å². The van der Waals surface area contributed by atoms with E-state index >= 15 is 0 Å². The van der Waals surface area contributed by atoms with Gasteiger partial charge in [-0.1, -0.05) is 0 Å². The molecule has 2 aliphatic carbocycles.